The van der Waals surface area contributed by atoms with Gasteiger partial charge in [-0.15, -0.1) is 0 Å². The smallest absolute Gasteiger partial charge is 0.153 e. The van der Waals surface area contributed by atoms with Crippen molar-refractivity contribution in [3.8, 4) is 5.69 Å². The van der Waals surface area contributed by atoms with Gasteiger partial charge < -0.3 is 0 Å². The Morgan fingerprint density at radius 1 is 1.29 bits per heavy atom. The van der Waals surface area contributed by atoms with E-state index >= 15 is 0 Å². The van der Waals surface area contributed by atoms with Gasteiger partial charge in [0.05, 0.1) is 6.20 Å². The van der Waals surface area contributed by atoms with Crippen LogP contribution in [0.1, 0.15) is 0 Å². The molecule has 14 heavy (non-hydrogen) atoms. The van der Waals surface area contributed by atoms with Crippen LogP contribution in [-0.2, 0) is 0 Å². The van der Waals surface area contributed by atoms with E-state index < -0.39 is 11.6 Å². The molecule has 2 rings (SSSR count). The predicted molar refractivity (Wildman–Crippen MR) is 50.0 cm³/mol. The number of aromatic nitrogens is 2. The van der Waals surface area contributed by atoms with Crippen molar-refractivity contribution in [2.45, 2.75) is 0 Å². The van der Waals surface area contributed by atoms with Gasteiger partial charge in [0.15, 0.2) is 11.6 Å². The molecular formula is C9H4BrF2N2. The molecule has 2 nitrogen and oxygen atoms in total. The lowest BCUT2D eigenvalue weighted by atomic mass is 10.3. The van der Waals surface area contributed by atoms with Crippen molar-refractivity contribution in [3.63, 3.8) is 0 Å². The average Bonchev–Trinajstić information content (AvgIpc) is 2.54. The van der Waals surface area contributed by atoms with Gasteiger partial charge in [0.25, 0.3) is 0 Å². The fourth-order valence-corrected chi connectivity index (χ4v) is 1.51. The van der Waals surface area contributed by atoms with Gasteiger partial charge in [0, 0.05) is 16.7 Å². The first-order valence-corrected chi connectivity index (χ1v) is 4.53. The summed E-state index contributed by atoms with van der Waals surface area (Å²) in [5.74, 6) is -1.34. The van der Waals surface area contributed by atoms with Crippen LogP contribution in [0.2, 0.25) is 0 Å². The minimum absolute atomic E-state index is 0.200. The van der Waals surface area contributed by atoms with Gasteiger partial charge in [-0.1, -0.05) is 15.9 Å². The molecule has 1 heterocycles. The van der Waals surface area contributed by atoms with Gasteiger partial charge in [-0.3, -0.25) is 0 Å². The molecule has 0 aliphatic rings. The molecular weight excluding hydrogens is 254 g/mol. The molecule has 0 bridgehead atoms. The minimum atomic E-state index is -0.672. The quantitative estimate of drug-likeness (QED) is 0.768. The lowest BCUT2D eigenvalue weighted by Crippen LogP contribution is -2.01. The van der Waals surface area contributed by atoms with E-state index in [2.05, 4.69) is 27.1 Å². The van der Waals surface area contributed by atoms with Gasteiger partial charge >= 0.3 is 0 Å². The summed E-state index contributed by atoms with van der Waals surface area (Å²) in [6.45, 7) is 0. The van der Waals surface area contributed by atoms with Crippen LogP contribution in [-0.4, -0.2) is 9.78 Å². The maximum absolute atomic E-state index is 13.3. The Morgan fingerprint density at radius 2 is 1.93 bits per heavy atom. The maximum Gasteiger partial charge on any atom is 0.153 e. The first-order valence-electron chi connectivity index (χ1n) is 3.74. The van der Waals surface area contributed by atoms with Crippen molar-refractivity contribution in [1.29, 1.82) is 0 Å². The summed E-state index contributed by atoms with van der Waals surface area (Å²) < 4.78 is 28.1. The van der Waals surface area contributed by atoms with E-state index in [1.807, 2.05) is 0 Å². The zero-order valence-electron chi connectivity index (χ0n) is 6.84. The van der Waals surface area contributed by atoms with E-state index in [0.29, 0.717) is 4.47 Å². The molecule has 0 fully saturated rings. The van der Waals surface area contributed by atoms with Crippen LogP contribution in [0.25, 0.3) is 5.69 Å². The highest BCUT2D eigenvalue weighted by Crippen LogP contribution is 2.21. The topological polar surface area (TPSA) is 17.8 Å². The third-order valence-corrected chi connectivity index (χ3v) is 2.12. The van der Waals surface area contributed by atoms with Crippen molar-refractivity contribution < 1.29 is 8.78 Å². The lowest BCUT2D eigenvalue weighted by Gasteiger charge is -2.04. The Hall–Kier alpha value is -1.23. The molecule has 71 valence electrons. The molecule has 2 aromatic rings. The van der Waals surface area contributed by atoms with Crippen molar-refractivity contribution in [3.05, 3.63) is 46.7 Å². The van der Waals surface area contributed by atoms with Gasteiger partial charge in [0.1, 0.15) is 5.69 Å². The lowest BCUT2D eigenvalue weighted by molar-refractivity contribution is 0.559. The number of hydrogen-bond acceptors (Lipinski definition) is 1. The zero-order chi connectivity index (χ0) is 10.1. The van der Waals surface area contributed by atoms with Crippen molar-refractivity contribution in [2.24, 2.45) is 0 Å². The van der Waals surface area contributed by atoms with Crippen LogP contribution in [0.3, 0.4) is 0 Å². The van der Waals surface area contributed by atoms with Gasteiger partial charge in [-0.25, -0.2) is 13.5 Å². The standard InChI is InChI=1S/C9H4BrF2N2/c10-6-4-7(11)9(8(12)5-6)14-3-1-2-13-14/h2-5H. The van der Waals surface area contributed by atoms with Crippen LogP contribution in [0, 0.1) is 17.7 Å². The second-order valence-corrected chi connectivity index (χ2v) is 3.52. The molecule has 0 unspecified atom stereocenters. The summed E-state index contributed by atoms with van der Waals surface area (Å²) >= 11 is 2.99. The SMILES string of the molecule is Fc1cc(Br)cc(F)c1-n1c[c]cn1. The van der Waals surface area contributed by atoms with Crippen molar-refractivity contribution >= 4 is 15.9 Å². The van der Waals surface area contributed by atoms with E-state index in [9.17, 15) is 8.78 Å². The van der Waals surface area contributed by atoms with Crippen molar-refractivity contribution in [2.75, 3.05) is 0 Å². The van der Waals surface area contributed by atoms with Gasteiger partial charge in [0.2, 0.25) is 0 Å². The van der Waals surface area contributed by atoms with Crippen LogP contribution < -0.4 is 0 Å². The molecule has 0 N–H and O–H groups in total. The van der Waals surface area contributed by atoms with E-state index in [1.54, 1.807) is 0 Å². The number of rotatable bonds is 1. The van der Waals surface area contributed by atoms with Crippen LogP contribution in [0.4, 0.5) is 8.78 Å². The number of hydrogen-bond donors (Lipinski definition) is 0. The Balaban J connectivity index is 2.64. The first-order chi connectivity index (χ1) is 6.68. The summed E-state index contributed by atoms with van der Waals surface area (Å²) in [7, 11) is 0. The second-order valence-electron chi connectivity index (χ2n) is 2.60. The van der Waals surface area contributed by atoms with E-state index in [4.69, 9.17) is 0 Å². The van der Waals surface area contributed by atoms with E-state index in [-0.39, 0.29) is 5.69 Å². The Kier molecular flexibility index (Phi) is 2.33. The maximum atomic E-state index is 13.3. The second kappa shape index (κ2) is 3.49. The van der Waals surface area contributed by atoms with Crippen LogP contribution >= 0.6 is 15.9 Å². The zero-order valence-corrected chi connectivity index (χ0v) is 8.42. The first kappa shape index (κ1) is 9.33. The molecule has 0 spiro atoms. The largest absolute Gasteiger partial charge is 0.234 e. The molecule has 5 heteroatoms. The monoisotopic (exact) mass is 257 g/mol. The highest BCUT2D eigenvalue weighted by molar-refractivity contribution is 9.10. The third-order valence-electron chi connectivity index (χ3n) is 1.66. The Morgan fingerprint density at radius 3 is 2.43 bits per heavy atom. The highest BCUT2D eigenvalue weighted by Gasteiger charge is 2.12. The predicted octanol–water partition coefficient (Wildman–Crippen LogP) is 2.71. The van der Waals surface area contributed by atoms with E-state index in [1.165, 1.54) is 24.5 Å². The highest BCUT2D eigenvalue weighted by atomic mass is 79.9. The normalized spacial score (nSPS) is 10.5. The summed E-state index contributed by atoms with van der Waals surface area (Å²) in [6, 6.07) is 4.97. The van der Waals surface area contributed by atoms with Gasteiger partial charge in [-0.05, 0) is 12.1 Å². The molecule has 0 amide bonds. The molecule has 0 atom stereocenters. The fraction of sp³-hybridized carbons (Fsp3) is 0. The Bertz CT molecular complexity index is 431. The molecule has 1 aromatic heterocycles. The third kappa shape index (κ3) is 1.55. The molecule has 0 saturated carbocycles. The van der Waals surface area contributed by atoms with Crippen LogP contribution in [0.15, 0.2) is 29.0 Å². The minimum Gasteiger partial charge on any atom is -0.234 e. The van der Waals surface area contributed by atoms with Gasteiger partial charge in [-0.2, -0.15) is 5.10 Å². The number of halogens is 3. The number of benzene rings is 1. The van der Waals surface area contributed by atoms with Crippen LogP contribution in [0.5, 0.6) is 0 Å². The Labute approximate surface area is 87.3 Å². The molecule has 0 aliphatic heterocycles. The molecule has 1 radical (unpaired) electrons. The molecule has 0 saturated heterocycles. The van der Waals surface area contributed by atoms with E-state index in [0.717, 1.165) is 4.68 Å². The summed E-state index contributed by atoms with van der Waals surface area (Å²) in [4.78, 5) is 0. The average molecular weight is 258 g/mol. The summed E-state index contributed by atoms with van der Waals surface area (Å²) in [6.07, 6.45) is 2.69. The summed E-state index contributed by atoms with van der Waals surface area (Å²) in [5, 5.41) is 3.70. The number of nitrogens with zero attached hydrogens (tertiary/aromatic N) is 2. The molecule has 0 aliphatic carbocycles. The fourth-order valence-electron chi connectivity index (χ4n) is 1.11. The van der Waals surface area contributed by atoms with Crippen molar-refractivity contribution in [1.82, 2.24) is 9.78 Å². The molecule has 1 aromatic carbocycles. The summed E-state index contributed by atoms with van der Waals surface area (Å²) in [5.41, 5.74) is -0.200.